The molecule has 3 aromatic heterocycles. The molecule has 0 atom stereocenters. The first-order valence-corrected chi connectivity index (χ1v) is 10.9. The van der Waals surface area contributed by atoms with Gasteiger partial charge in [-0.1, -0.05) is 59.3 Å². The van der Waals surface area contributed by atoms with Crippen LogP contribution in [0.2, 0.25) is 5.15 Å². The Kier molecular flexibility index (Phi) is 6.63. The van der Waals surface area contributed by atoms with Crippen molar-refractivity contribution in [2.24, 2.45) is 0 Å². The minimum atomic E-state index is -0.288. The Morgan fingerprint density at radius 2 is 1.97 bits per heavy atom. The van der Waals surface area contributed by atoms with Crippen LogP contribution in [0.25, 0.3) is 5.13 Å². The Bertz CT molecular complexity index is 1290. The highest BCUT2D eigenvalue weighted by Crippen LogP contribution is 2.21. The fourth-order valence-corrected chi connectivity index (χ4v) is 4.00. The molecule has 32 heavy (non-hydrogen) atoms. The van der Waals surface area contributed by atoms with E-state index < -0.39 is 0 Å². The molecule has 4 aromatic rings. The van der Waals surface area contributed by atoms with Crippen LogP contribution in [0.3, 0.4) is 0 Å². The van der Waals surface area contributed by atoms with Crippen LogP contribution in [0.1, 0.15) is 26.5 Å². The van der Waals surface area contributed by atoms with Crippen LogP contribution < -0.4 is 15.6 Å². The molecule has 3 heterocycles. The van der Waals surface area contributed by atoms with Crippen LogP contribution in [0.4, 0.5) is 0 Å². The number of nitrogens with zero attached hydrogens (tertiary/aromatic N) is 3. The van der Waals surface area contributed by atoms with E-state index in [0.717, 1.165) is 22.5 Å². The number of aromatic nitrogens is 3. The molecule has 1 amide bonds. The molecular formula is C23H19ClN4O3S. The van der Waals surface area contributed by atoms with Crippen molar-refractivity contribution in [3.8, 4) is 10.9 Å². The fourth-order valence-electron chi connectivity index (χ4n) is 2.92. The summed E-state index contributed by atoms with van der Waals surface area (Å²) in [5, 5.41) is 3.65. The minimum Gasteiger partial charge on any atom is -0.489 e. The van der Waals surface area contributed by atoms with Crippen molar-refractivity contribution in [2.45, 2.75) is 20.1 Å². The zero-order valence-corrected chi connectivity index (χ0v) is 18.7. The monoisotopic (exact) mass is 466 g/mol. The maximum absolute atomic E-state index is 12.6. The van der Waals surface area contributed by atoms with E-state index in [4.69, 9.17) is 16.3 Å². The van der Waals surface area contributed by atoms with Crippen LogP contribution in [0.5, 0.6) is 5.75 Å². The van der Waals surface area contributed by atoms with Gasteiger partial charge in [0.1, 0.15) is 22.4 Å². The lowest BCUT2D eigenvalue weighted by molar-refractivity contribution is 0.0954. The number of carbonyl (C=O) groups is 1. The summed E-state index contributed by atoms with van der Waals surface area (Å²) in [5.74, 6) is 0.204. The normalized spacial score (nSPS) is 10.7. The Morgan fingerprint density at radius 1 is 1.16 bits per heavy atom. The molecule has 0 aliphatic carbocycles. The van der Waals surface area contributed by atoms with Gasteiger partial charge in [0, 0.05) is 25.0 Å². The second-order valence-electron chi connectivity index (χ2n) is 6.93. The molecule has 0 aliphatic rings. The summed E-state index contributed by atoms with van der Waals surface area (Å²) in [5.41, 5.74) is 2.10. The predicted molar refractivity (Wildman–Crippen MR) is 124 cm³/mol. The van der Waals surface area contributed by atoms with Gasteiger partial charge in [-0.15, -0.1) is 0 Å². The van der Waals surface area contributed by atoms with E-state index in [2.05, 4.69) is 15.3 Å². The van der Waals surface area contributed by atoms with Gasteiger partial charge in [-0.3, -0.25) is 14.2 Å². The van der Waals surface area contributed by atoms with Gasteiger partial charge in [0.25, 0.3) is 11.5 Å². The summed E-state index contributed by atoms with van der Waals surface area (Å²) in [4.78, 5) is 34.1. The summed E-state index contributed by atoms with van der Waals surface area (Å²) >= 11 is 6.93. The number of thiazole rings is 1. The fraction of sp³-hybridized carbons (Fsp3) is 0.130. The van der Waals surface area contributed by atoms with Crippen molar-refractivity contribution in [2.75, 3.05) is 0 Å². The molecule has 9 heteroatoms. The first-order valence-electron chi connectivity index (χ1n) is 9.75. The molecule has 0 aliphatic heterocycles. The minimum absolute atomic E-state index is 0.267. The second-order valence-corrected chi connectivity index (χ2v) is 8.29. The number of carbonyl (C=O) groups excluding carboxylic acids is 1. The van der Waals surface area contributed by atoms with Crippen LogP contribution >= 0.6 is 22.9 Å². The molecule has 1 aromatic carbocycles. The molecule has 0 radical (unpaired) electrons. The van der Waals surface area contributed by atoms with E-state index in [0.29, 0.717) is 39.8 Å². The molecule has 7 nitrogen and oxygen atoms in total. The molecule has 0 spiro atoms. The van der Waals surface area contributed by atoms with E-state index in [1.165, 1.54) is 10.6 Å². The number of hydrogen-bond acceptors (Lipinski definition) is 6. The van der Waals surface area contributed by atoms with Gasteiger partial charge in [-0.2, -0.15) is 0 Å². The second kappa shape index (κ2) is 9.76. The number of halogens is 1. The van der Waals surface area contributed by atoms with Crippen molar-refractivity contribution >= 4 is 28.8 Å². The van der Waals surface area contributed by atoms with Gasteiger partial charge >= 0.3 is 0 Å². The van der Waals surface area contributed by atoms with Gasteiger partial charge in [0.2, 0.25) is 0 Å². The predicted octanol–water partition coefficient (Wildman–Crippen LogP) is 4.16. The number of benzene rings is 1. The van der Waals surface area contributed by atoms with Gasteiger partial charge < -0.3 is 10.1 Å². The number of rotatable bonds is 7. The third kappa shape index (κ3) is 5.22. The molecule has 0 bridgehead atoms. The third-order valence-corrected chi connectivity index (χ3v) is 5.96. The zero-order chi connectivity index (χ0) is 22.5. The molecule has 0 saturated carbocycles. The average Bonchev–Trinajstić information content (AvgIpc) is 3.19. The van der Waals surface area contributed by atoms with E-state index in [9.17, 15) is 9.59 Å². The average molecular weight is 467 g/mol. The Morgan fingerprint density at radius 3 is 2.69 bits per heavy atom. The molecule has 0 saturated heterocycles. The molecule has 1 N–H and O–H groups in total. The van der Waals surface area contributed by atoms with Crippen molar-refractivity contribution in [1.29, 1.82) is 0 Å². The van der Waals surface area contributed by atoms with Crippen LogP contribution in [-0.4, -0.2) is 20.4 Å². The van der Waals surface area contributed by atoms with Crippen LogP contribution in [-0.2, 0) is 13.2 Å². The van der Waals surface area contributed by atoms with Gasteiger partial charge in [-0.25, -0.2) is 9.97 Å². The summed E-state index contributed by atoms with van der Waals surface area (Å²) < 4.78 is 7.10. The van der Waals surface area contributed by atoms with Crippen molar-refractivity contribution < 1.29 is 9.53 Å². The number of nitrogens with one attached hydrogen (secondary N) is 1. The Labute approximate surface area is 193 Å². The van der Waals surface area contributed by atoms with Crippen molar-refractivity contribution in [3.05, 3.63) is 104 Å². The van der Waals surface area contributed by atoms with Gasteiger partial charge in [0.15, 0.2) is 5.13 Å². The van der Waals surface area contributed by atoms with Gasteiger partial charge in [-0.05, 0) is 30.2 Å². The highest BCUT2D eigenvalue weighted by molar-refractivity contribution is 7.16. The Balaban J connectivity index is 1.44. The highest BCUT2D eigenvalue weighted by atomic mass is 35.5. The van der Waals surface area contributed by atoms with E-state index in [1.54, 1.807) is 37.5 Å². The lowest BCUT2D eigenvalue weighted by Crippen LogP contribution is -2.22. The highest BCUT2D eigenvalue weighted by Gasteiger charge is 2.17. The number of aryl methyl sites for hydroxylation is 1. The van der Waals surface area contributed by atoms with Crippen molar-refractivity contribution in [1.82, 2.24) is 19.9 Å². The topological polar surface area (TPSA) is 86.1 Å². The van der Waals surface area contributed by atoms with Crippen molar-refractivity contribution in [3.63, 3.8) is 0 Å². The molecule has 0 fully saturated rings. The van der Waals surface area contributed by atoms with Crippen LogP contribution in [0.15, 0.2) is 71.8 Å². The van der Waals surface area contributed by atoms with E-state index >= 15 is 0 Å². The largest absolute Gasteiger partial charge is 0.489 e. The summed E-state index contributed by atoms with van der Waals surface area (Å²) in [7, 11) is 0. The number of pyridine rings is 2. The maximum Gasteiger partial charge on any atom is 0.263 e. The molecular weight excluding hydrogens is 448 g/mol. The zero-order valence-electron chi connectivity index (χ0n) is 17.1. The maximum atomic E-state index is 12.6. The smallest absolute Gasteiger partial charge is 0.263 e. The number of amides is 1. The summed E-state index contributed by atoms with van der Waals surface area (Å²) in [6, 6.07) is 16.3. The SMILES string of the molecule is Cc1nc(-n2ccc(OCc3ccccc3)cc2=O)sc1C(=O)NCc1ccc(Cl)nc1. The van der Waals surface area contributed by atoms with Crippen LogP contribution in [0, 0.1) is 6.92 Å². The first-order chi connectivity index (χ1) is 15.5. The molecule has 4 rings (SSSR count). The summed E-state index contributed by atoms with van der Waals surface area (Å²) in [6.07, 6.45) is 3.20. The first kappa shape index (κ1) is 21.7. The Hall–Kier alpha value is -3.49. The lowest BCUT2D eigenvalue weighted by Gasteiger charge is -2.07. The van der Waals surface area contributed by atoms with Gasteiger partial charge in [0.05, 0.1) is 5.69 Å². The quantitative estimate of drug-likeness (QED) is 0.413. The molecule has 162 valence electrons. The van der Waals surface area contributed by atoms with E-state index in [-0.39, 0.29) is 11.5 Å². The standard InChI is InChI=1S/C23H19ClN4O3S/c1-15-21(22(30)26-13-17-7-8-19(24)25-12-17)32-23(27-15)28-10-9-18(11-20(28)29)31-14-16-5-3-2-4-6-16/h2-12H,13-14H2,1H3,(H,26,30). The molecule has 0 unspecified atom stereocenters. The lowest BCUT2D eigenvalue weighted by atomic mass is 10.2. The number of ether oxygens (including phenoxy) is 1. The summed E-state index contributed by atoms with van der Waals surface area (Å²) in [6.45, 7) is 2.42. The van der Waals surface area contributed by atoms with E-state index in [1.807, 2.05) is 30.3 Å². The third-order valence-electron chi connectivity index (χ3n) is 4.58. The number of hydrogen-bond donors (Lipinski definition) is 1.